The summed E-state index contributed by atoms with van der Waals surface area (Å²) >= 11 is 0. The van der Waals surface area contributed by atoms with Crippen LogP contribution in [0.4, 0.5) is 0 Å². The van der Waals surface area contributed by atoms with E-state index in [1.807, 2.05) is 42.7 Å². The quantitative estimate of drug-likeness (QED) is 0.313. The predicted octanol–water partition coefficient (Wildman–Crippen LogP) is 5.10. The summed E-state index contributed by atoms with van der Waals surface area (Å²) in [5.41, 5.74) is 6.96. The van der Waals surface area contributed by atoms with Crippen molar-refractivity contribution in [2.75, 3.05) is 26.2 Å². The second-order valence-electron chi connectivity index (χ2n) is 9.52. The second-order valence-corrected chi connectivity index (χ2v) is 9.52. The van der Waals surface area contributed by atoms with Gasteiger partial charge in [0.15, 0.2) is 5.65 Å². The highest BCUT2D eigenvalue weighted by atomic mass is 16.5. The van der Waals surface area contributed by atoms with E-state index in [9.17, 15) is 0 Å². The number of aromatic amines is 2. The maximum absolute atomic E-state index is 6.02. The molecule has 6 aromatic heterocycles. The highest BCUT2D eigenvalue weighted by molar-refractivity contribution is 5.99. The highest BCUT2D eigenvalue weighted by Gasteiger charge is 2.16. The van der Waals surface area contributed by atoms with Crippen LogP contribution in [0.3, 0.4) is 0 Å². The third kappa shape index (κ3) is 4.26. The Morgan fingerprint density at radius 2 is 1.79 bits per heavy atom. The first-order valence-electron chi connectivity index (χ1n) is 12.9. The summed E-state index contributed by atoms with van der Waals surface area (Å²) < 4.78 is 6.02. The third-order valence-corrected chi connectivity index (χ3v) is 7.06. The van der Waals surface area contributed by atoms with Crippen molar-refractivity contribution in [1.29, 1.82) is 0 Å². The van der Waals surface area contributed by atoms with Crippen LogP contribution in [0.1, 0.15) is 12.8 Å². The van der Waals surface area contributed by atoms with Crippen molar-refractivity contribution in [3.8, 4) is 39.7 Å². The number of hydrogen-bond donors (Lipinski definition) is 2. The third-order valence-electron chi connectivity index (χ3n) is 7.06. The lowest BCUT2D eigenvalue weighted by Gasteiger charge is -2.15. The molecule has 0 spiro atoms. The molecule has 2 N–H and O–H groups in total. The lowest BCUT2D eigenvalue weighted by atomic mass is 10.1. The number of nitrogens with zero attached hydrogens (tertiary/aromatic N) is 6. The van der Waals surface area contributed by atoms with E-state index >= 15 is 0 Å². The summed E-state index contributed by atoms with van der Waals surface area (Å²) in [5, 5.41) is 9.53. The Morgan fingerprint density at radius 3 is 2.68 bits per heavy atom. The number of ether oxygens (including phenoxy) is 1. The largest absolute Gasteiger partial charge is 0.491 e. The van der Waals surface area contributed by atoms with Crippen LogP contribution in [0.15, 0.2) is 73.4 Å². The molecule has 1 aliphatic heterocycles. The molecule has 9 heteroatoms. The Kier molecular flexibility index (Phi) is 5.75. The van der Waals surface area contributed by atoms with E-state index in [1.54, 1.807) is 18.6 Å². The molecule has 0 radical (unpaired) electrons. The number of likely N-dealkylation sites (tertiary alicyclic amines) is 1. The number of rotatable bonds is 7. The van der Waals surface area contributed by atoms with Gasteiger partial charge in [-0.15, -0.1) is 0 Å². The van der Waals surface area contributed by atoms with Crippen LogP contribution in [0.5, 0.6) is 5.75 Å². The zero-order valence-electron chi connectivity index (χ0n) is 20.8. The summed E-state index contributed by atoms with van der Waals surface area (Å²) in [6, 6.07) is 14.0. The van der Waals surface area contributed by atoms with Crippen molar-refractivity contribution in [1.82, 2.24) is 40.0 Å². The van der Waals surface area contributed by atoms with Crippen LogP contribution >= 0.6 is 0 Å². The molecule has 9 nitrogen and oxygen atoms in total. The smallest absolute Gasteiger partial charge is 0.181 e. The van der Waals surface area contributed by atoms with Crippen LogP contribution < -0.4 is 4.74 Å². The fourth-order valence-electron chi connectivity index (χ4n) is 5.11. The molecule has 0 aromatic carbocycles. The fraction of sp³-hybridized carbons (Fsp3) is 0.207. The van der Waals surface area contributed by atoms with Gasteiger partial charge >= 0.3 is 0 Å². The second kappa shape index (κ2) is 9.68. The molecule has 0 aliphatic carbocycles. The van der Waals surface area contributed by atoms with E-state index in [1.165, 1.54) is 12.8 Å². The minimum Gasteiger partial charge on any atom is -0.491 e. The molecule has 0 saturated carbocycles. The van der Waals surface area contributed by atoms with Gasteiger partial charge in [0.1, 0.15) is 12.4 Å². The van der Waals surface area contributed by atoms with Gasteiger partial charge in [-0.3, -0.25) is 25.0 Å². The van der Waals surface area contributed by atoms with Gasteiger partial charge in [0, 0.05) is 58.7 Å². The maximum Gasteiger partial charge on any atom is 0.181 e. The molecule has 1 saturated heterocycles. The minimum absolute atomic E-state index is 0.649. The van der Waals surface area contributed by atoms with Crippen molar-refractivity contribution in [3.63, 3.8) is 0 Å². The molecule has 1 fully saturated rings. The molecule has 7 rings (SSSR count). The topological polar surface area (TPSA) is 108 Å². The molecule has 38 heavy (non-hydrogen) atoms. The van der Waals surface area contributed by atoms with Crippen molar-refractivity contribution in [2.24, 2.45) is 0 Å². The molecule has 7 heterocycles. The van der Waals surface area contributed by atoms with E-state index < -0.39 is 0 Å². The minimum atomic E-state index is 0.649. The summed E-state index contributed by atoms with van der Waals surface area (Å²) in [6.07, 6.45) is 11.6. The Labute approximate surface area is 219 Å². The average molecular weight is 503 g/mol. The van der Waals surface area contributed by atoms with Gasteiger partial charge in [-0.05, 0) is 62.3 Å². The standard InChI is InChI=1S/C29H26N8O/c1-2-7-31-25(5-1)27-22-15-26(34-24(22)6-8-32-27)28-23-14-20(17-33-29(23)36-35-28)19-13-21(18-30-16-19)38-12-11-37-9-3-4-10-37/h1-2,5-8,13-18,34H,3-4,9-12H2,(H,33,35,36). The van der Waals surface area contributed by atoms with Crippen molar-refractivity contribution < 1.29 is 4.74 Å². The Morgan fingerprint density at radius 1 is 0.868 bits per heavy atom. The first-order valence-corrected chi connectivity index (χ1v) is 12.9. The Balaban J connectivity index is 1.20. The highest BCUT2D eigenvalue weighted by Crippen LogP contribution is 2.33. The van der Waals surface area contributed by atoms with Crippen LogP contribution in [0.25, 0.3) is 55.8 Å². The van der Waals surface area contributed by atoms with E-state index in [0.29, 0.717) is 12.3 Å². The van der Waals surface area contributed by atoms with Crippen molar-refractivity contribution in [3.05, 3.63) is 73.4 Å². The molecular formula is C29H26N8O. The number of aromatic nitrogens is 7. The van der Waals surface area contributed by atoms with Gasteiger partial charge in [0.2, 0.25) is 0 Å². The van der Waals surface area contributed by atoms with Gasteiger partial charge in [-0.25, -0.2) is 4.98 Å². The fourth-order valence-corrected chi connectivity index (χ4v) is 5.11. The van der Waals surface area contributed by atoms with E-state index in [-0.39, 0.29) is 0 Å². The zero-order valence-corrected chi connectivity index (χ0v) is 20.8. The van der Waals surface area contributed by atoms with Gasteiger partial charge in [-0.1, -0.05) is 6.07 Å². The summed E-state index contributed by atoms with van der Waals surface area (Å²) in [4.78, 5) is 24.1. The zero-order chi connectivity index (χ0) is 25.3. The van der Waals surface area contributed by atoms with Crippen LogP contribution in [0.2, 0.25) is 0 Å². The number of hydrogen-bond acceptors (Lipinski definition) is 7. The first-order chi connectivity index (χ1) is 18.8. The molecule has 6 aromatic rings. The maximum atomic E-state index is 6.02. The molecule has 0 amide bonds. The molecule has 0 atom stereocenters. The van der Waals surface area contributed by atoms with Gasteiger partial charge in [0.05, 0.1) is 29.0 Å². The molecular weight excluding hydrogens is 476 g/mol. The number of pyridine rings is 4. The summed E-state index contributed by atoms with van der Waals surface area (Å²) in [6.45, 7) is 3.93. The summed E-state index contributed by atoms with van der Waals surface area (Å²) in [5.74, 6) is 0.763. The van der Waals surface area contributed by atoms with Gasteiger partial charge in [-0.2, -0.15) is 5.10 Å². The predicted molar refractivity (Wildman–Crippen MR) is 147 cm³/mol. The normalized spacial score (nSPS) is 14.0. The van der Waals surface area contributed by atoms with Crippen molar-refractivity contribution >= 4 is 21.9 Å². The van der Waals surface area contributed by atoms with Crippen LogP contribution in [-0.2, 0) is 0 Å². The van der Waals surface area contributed by atoms with E-state index in [0.717, 1.165) is 75.6 Å². The molecule has 188 valence electrons. The number of fused-ring (bicyclic) bond motifs is 2. The van der Waals surface area contributed by atoms with Gasteiger partial charge < -0.3 is 9.72 Å². The Bertz CT molecular complexity index is 1720. The summed E-state index contributed by atoms with van der Waals surface area (Å²) in [7, 11) is 0. The van der Waals surface area contributed by atoms with E-state index in [2.05, 4.69) is 52.1 Å². The molecule has 1 aliphatic rings. The van der Waals surface area contributed by atoms with E-state index in [4.69, 9.17) is 4.74 Å². The van der Waals surface area contributed by atoms with Crippen molar-refractivity contribution in [2.45, 2.75) is 12.8 Å². The lowest BCUT2D eigenvalue weighted by molar-refractivity contribution is 0.237. The SMILES string of the molecule is c1ccc(-c2nccc3[nH]c(-c4[nH]nc5ncc(-c6cncc(OCCN7CCCC7)c6)cc45)cc23)nc1. The average Bonchev–Trinajstić information content (AvgIpc) is 3.73. The lowest BCUT2D eigenvalue weighted by Crippen LogP contribution is -2.25. The Hall–Kier alpha value is -4.63. The van der Waals surface area contributed by atoms with Crippen LogP contribution in [0, 0.1) is 0 Å². The van der Waals surface area contributed by atoms with Gasteiger partial charge in [0.25, 0.3) is 0 Å². The number of H-pyrrole nitrogens is 2. The molecule has 0 bridgehead atoms. The number of nitrogens with one attached hydrogen (secondary N) is 2. The first kappa shape index (κ1) is 22.6. The molecule has 0 unspecified atom stereocenters. The monoisotopic (exact) mass is 502 g/mol. The van der Waals surface area contributed by atoms with Crippen LogP contribution in [-0.4, -0.2) is 66.3 Å².